The van der Waals surface area contributed by atoms with E-state index in [4.69, 9.17) is 5.73 Å². The molecule has 1 saturated carbocycles. The maximum atomic E-state index is 13.7. The van der Waals surface area contributed by atoms with Gasteiger partial charge in [-0.2, -0.15) is 0 Å². The number of rotatable bonds is 3. The molecule has 1 nitrogen and oxygen atoms in total. The summed E-state index contributed by atoms with van der Waals surface area (Å²) in [5, 5.41) is 0. The molecule has 0 saturated heterocycles. The Labute approximate surface area is 126 Å². The van der Waals surface area contributed by atoms with Gasteiger partial charge in [0.25, 0.3) is 0 Å². The van der Waals surface area contributed by atoms with Crippen molar-refractivity contribution in [2.75, 3.05) is 0 Å². The van der Waals surface area contributed by atoms with Gasteiger partial charge in [-0.15, -0.1) is 0 Å². The number of aryl methyl sites for hydroxylation is 1. The first kappa shape index (κ1) is 14.3. The summed E-state index contributed by atoms with van der Waals surface area (Å²) in [6.45, 7) is 2.02. The van der Waals surface area contributed by atoms with E-state index in [1.54, 1.807) is 6.07 Å². The van der Waals surface area contributed by atoms with E-state index in [0.29, 0.717) is 0 Å². The van der Waals surface area contributed by atoms with Crippen LogP contribution in [0.4, 0.5) is 4.39 Å². The lowest BCUT2D eigenvalue weighted by molar-refractivity contribution is 0.354. The zero-order valence-electron chi connectivity index (χ0n) is 12.5. The number of benzene rings is 2. The van der Waals surface area contributed by atoms with Crippen molar-refractivity contribution in [2.24, 2.45) is 5.73 Å². The van der Waals surface area contributed by atoms with Crippen molar-refractivity contribution < 1.29 is 4.39 Å². The molecule has 0 heterocycles. The Bertz CT molecular complexity index is 615. The van der Waals surface area contributed by atoms with Crippen LogP contribution in [0.1, 0.15) is 48.4 Å². The average Bonchev–Trinajstić information content (AvgIpc) is 3.01. The fourth-order valence-electron chi connectivity index (χ4n) is 3.80. The summed E-state index contributed by atoms with van der Waals surface area (Å²) >= 11 is 0. The zero-order valence-corrected chi connectivity index (χ0v) is 12.5. The molecule has 0 aliphatic heterocycles. The van der Waals surface area contributed by atoms with Crippen LogP contribution in [0.25, 0.3) is 0 Å². The highest BCUT2D eigenvalue weighted by molar-refractivity contribution is 5.38. The lowest BCUT2D eigenvalue weighted by Crippen LogP contribution is -2.36. The highest BCUT2D eigenvalue weighted by Gasteiger charge is 2.42. The van der Waals surface area contributed by atoms with Gasteiger partial charge >= 0.3 is 0 Å². The fourth-order valence-corrected chi connectivity index (χ4v) is 3.80. The van der Waals surface area contributed by atoms with Crippen molar-refractivity contribution in [3.63, 3.8) is 0 Å². The van der Waals surface area contributed by atoms with Crippen LogP contribution >= 0.6 is 0 Å². The van der Waals surface area contributed by atoms with Crippen LogP contribution < -0.4 is 5.73 Å². The number of nitrogens with two attached hydrogens (primary N) is 1. The van der Waals surface area contributed by atoms with Crippen molar-refractivity contribution in [1.82, 2.24) is 0 Å². The van der Waals surface area contributed by atoms with Gasteiger partial charge in [-0.05, 0) is 48.6 Å². The summed E-state index contributed by atoms with van der Waals surface area (Å²) in [6, 6.07) is 15.3. The molecule has 2 heteroatoms. The highest BCUT2D eigenvalue weighted by Crippen LogP contribution is 2.49. The molecule has 21 heavy (non-hydrogen) atoms. The normalized spacial score (nSPS) is 18.6. The molecule has 2 N–H and O–H groups in total. The van der Waals surface area contributed by atoms with Crippen LogP contribution in [-0.2, 0) is 5.41 Å². The molecule has 0 spiro atoms. The minimum Gasteiger partial charge on any atom is -0.323 e. The summed E-state index contributed by atoms with van der Waals surface area (Å²) < 4.78 is 13.7. The van der Waals surface area contributed by atoms with Crippen molar-refractivity contribution in [3.05, 3.63) is 71.0 Å². The van der Waals surface area contributed by atoms with E-state index in [0.717, 1.165) is 24.0 Å². The standard InChI is InChI=1S/C19H22FN/c1-14-9-10-16(20)13-17(14)18(21)19(11-5-6-12-19)15-7-3-2-4-8-15/h2-4,7-10,13,18H,5-6,11-12,21H2,1H3. The Morgan fingerprint density at radius 2 is 1.71 bits per heavy atom. The topological polar surface area (TPSA) is 26.0 Å². The van der Waals surface area contributed by atoms with Crippen molar-refractivity contribution in [3.8, 4) is 0 Å². The van der Waals surface area contributed by atoms with Gasteiger partial charge in [-0.1, -0.05) is 49.2 Å². The first-order valence-corrected chi connectivity index (χ1v) is 7.71. The second kappa shape index (κ2) is 5.61. The summed E-state index contributed by atoms with van der Waals surface area (Å²) in [6.07, 6.45) is 4.54. The molecule has 0 amide bonds. The average molecular weight is 283 g/mol. The Balaban J connectivity index is 2.07. The minimum atomic E-state index is -0.202. The van der Waals surface area contributed by atoms with E-state index in [-0.39, 0.29) is 17.3 Å². The van der Waals surface area contributed by atoms with Gasteiger partial charge in [-0.3, -0.25) is 0 Å². The molecular weight excluding hydrogens is 261 g/mol. The number of hydrogen-bond acceptors (Lipinski definition) is 1. The van der Waals surface area contributed by atoms with Crippen molar-refractivity contribution >= 4 is 0 Å². The summed E-state index contributed by atoms with van der Waals surface area (Å²) in [7, 11) is 0. The Morgan fingerprint density at radius 1 is 1.05 bits per heavy atom. The quantitative estimate of drug-likeness (QED) is 0.872. The predicted molar refractivity (Wildman–Crippen MR) is 84.7 cm³/mol. The van der Waals surface area contributed by atoms with Gasteiger partial charge in [0, 0.05) is 11.5 Å². The molecule has 1 aliphatic rings. The van der Waals surface area contributed by atoms with Crippen LogP contribution in [0.3, 0.4) is 0 Å². The van der Waals surface area contributed by atoms with Crippen molar-refractivity contribution in [2.45, 2.75) is 44.1 Å². The zero-order chi connectivity index (χ0) is 14.9. The lowest BCUT2D eigenvalue weighted by atomic mass is 9.70. The molecule has 0 aromatic heterocycles. The first-order valence-electron chi connectivity index (χ1n) is 7.71. The highest BCUT2D eigenvalue weighted by atomic mass is 19.1. The van der Waals surface area contributed by atoms with Crippen LogP contribution in [0.5, 0.6) is 0 Å². The van der Waals surface area contributed by atoms with Crippen LogP contribution in [-0.4, -0.2) is 0 Å². The first-order chi connectivity index (χ1) is 10.1. The summed E-state index contributed by atoms with van der Waals surface area (Å²) in [4.78, 5) is 0. The minimum absolute atomic E-state index is 0.0557. The van der Waals surface area contributed by atoms with E-state index in [1.165, 1.54) is 24.5 Å². The van der Waals surface area contributed by atoms with Gasteiger partial charge in [0.1, 0.15) is 5.82 Å². The molecule has 1 atom stereocenters. The van der Waals surface area contributed by atoms with Crippen LogP contribution in [0.2, 0.25) is 0 Å². The Morgan fingerprint density at radius 3 is 2.38 bits per heavy atom. The molecule has 0 bridgehead atoms. The third-order valence-electron chi connectivity index (χ3n) is 5.02. The van der Waals surface area contributed by atoms with Gasteiger partial charge in [-0.25, -0.2) is 4.39 Å². The lowest BCUT2D eigenvalue weighted by Gasteiger charge is -2.37. The van der Waals surface area contributed by atoms with E-state index in [2.05, 4.69) is 24.3 Å². The van der Waals surface area contributed by atoms with E-state index < -0.39 is 0 Å². The van der Waals surface area contributed by atoms with Crippen molar-refractivity contribution in [1.29, 1.82) is 0 Å². The summed E-state index contributed by atoms with van der Waals surface area (Å²) in [5.41, 5.74) is 9.93. The molecule has 3 rings (SSSR count). The SMILES string of the molecule is Cc1ccc(F)cc1C(N)C1(c2ccccc2)CCCC1. The molecule has 2 aromatic rings. The maximum Gasteiger partial charge on any atom is 0.123 e. The van der Waals surface area contributed by atoms with Gasteiger partial charge in [0.2, 0.25) is 0 Å². The third kappa shape index (κ3) is 2.49. The molecule has 1 fully saturated rings. The predicted octanol–water partition coefficient (Wildman–Crippen LogP) is 4.65. The van der Waals surface area contributed by atoms with E-state index in [9.17, 15) is 4.39 Å². The molecule has 0 radical (unpaired) electrons. The third-order valence-corrected chi connectivity index (χ3v) is 5.02. The van der Waals surface area contributed by atoms with Gasteiger partial charge < -0.3 is 5.73 Å². The number of hydrogen-bond donors (Lipinski definition) is 1. The smallest absolute Gasteiger partial charge is 0.123 e. The second-order valence-corrected chi connectivity index (χ2v) is 6.21. The number of halogens is 1. The maximum absolute atomic E-state index is 13.7. The molecule has 2 aromatic carbocycles. The Hall–Kier alpha value is -1.67. The van der Waals surface area contributed by atoms with E-state index >= 15 is 0 Å². The summed E-state index contributed by atoms with van der Waals surface area (Å²) in [5.74, 6) is -0.202. The molecular formula is C19H22FN. The van der Waals surface area contributed by atoms with Gasteiger partial charge in [0.05, 0.1) is 0 Å². The van der Waals surface area contributed by atoms with Crippen LogP contribution in [0, 0.1) is 12.7 Å². The molecule has 110 valence electrons. The monoisotopic (exact) mass is 283 g/mol. The van der Waals surface area contributed by atoms with E-state index in [1.807, 2.05) is 19.1 Å². The van der Waals surface area contributed by atoms with Gasteiger partial charge in [0.15, 0.2) is 0 Å². The second-order valence-electron chi connectivity index (χ2n) is 6.21. The Kier molecular flexibility index (Phi) is 3.81. The fraction of sp³-hybridized carbons (Fsp3) is 0.368. The largest absolute Gasteiger partial charge is 0.323 e. The molecule has 1 unspecified atom stereocenters. The molecule has 1 aliphatic carbocycles. The van der Waals surface area contributed by atoms with Crippen LogP contribution in [0.15, 0.2) is 48.5 Å².